The lowest BCUT2D eigenvalue weighted by molar-refractivity contribution is -0.121. The van der Waals surface area contributed by atoms with Crippen LogP contribution < -0.4 is 15.4 Å². The summed E-state index contributed by atoms with van der Waals surface area (Å²) < 4.78 is 18.6. The van der Waals surface area contributed by atoms with Gasteiger partial charge in [-0.25, -0.2) is 9.18 Å². The maximum atomic E-state index is 12.9. The molecule has 6 nitrogen and oxygen atoms in total. The minimum absolute atomic E-state index is 0.150. The summed E-state index contributed by atoms with van der Waals surface area (Å²) in [5, 5.41) is 5.58. The van der Waals surface area contributed by atoms with E-state index in [1.165, 1.54) is 12.1 Å². The summed E-state index contributed by atoms with van der Waals surface area (Å²) in [5.74, 6) is 0.697. The second-order valence-corrected chi connectivity index (χ2v) is 7.30. The van der Waals surface area contributed by atoms with Crippen molar-refractivity contribution in [2.75, 3.05) is 13.6 Å². The highest BCUT2D eigenvalue weighted by molar-refractivity contribution is 5.78. The Morgan fingerprint density at radius 1 is 0.844 bits per heavy atom. The van der Waals surface area contributed by atoms with E-state index in [-0.39, 0.29) is 30.7 Å². The Kier molecular flexibility index (Phi) is 8.20. The van der Waals surface area contributed by atoms with Gasteiger partial charge in [-0.1, -0.05) is 42.5 Å². The Morgan fingerprint density at radius 2 is 1.47 bits per heavy atom. The molecule has 0 unspecified atom stereocenters. The molecule has 3 aromatic rings. The molecule has 0 atom stereocenters. The van der Waals surface area contributed by atoms with Crippen molar-refractivity contribution in [3.63, 3.8) is 0 Å². The summed E-state index contributed by atoms with van der Waals surface area (Å²) in [6, 6.07) is 22.5. The number of hydrogen-bond acceptors (Lipinski definition) is 3. The summed E-state index contributed by atoms with van der Waals surface area (Å²) >= 11 is 0. The van der Waals surface area contributed by atoms with Gasteiger partial charge in [0.1, 0.15) is 17.3 Å². The first kappa shape index (κ1) is 22.8. The van der Waals surface area contributed by atoms with Gasteiger partial charge in [-0.3, -0.25) is 4.79 Å². The van der Waals surface area contributed by atoms with E-state index in [4.69, 9.17) is 4.74 Å². The quantitative estimate of drug-likeness (QED) is 0.521. The lowest BCUT2D eigenvalue weighted by atomic mass is 10.2. The molecule has 0 saturated heterocycles. The van der Waals surface area contributed by atoms with Crippen LogP contribution in [-0.2, 0) is 17.9 Å². The maximum Gasteiger partial charge on any atom is 0.317 e. The largest absolute Gasteiger partial charge is 0.457 e. The van der Waals surface area contributed by atoms with Gasteiger partial charge in [0.15, 0.2) is 0 Å². The van der Waals surface area contributed by atoms with Crippen molar-refractivity contribution >= 4 is 11.9 Å². The van der Waals surface area contributed by atoms with Crippen molar-refractivity contribution in [1.29, 1.82) is 0 Å². The predicted molar refractivity (Wildman–Crippen MR) is 121 cm³/mol. The zero-order chi connectivity index (χ0) is 22.8. The number of hydrogen-bond donors (Lipinski definition) is 2. The Morgan fingerprint density at radius 3 is 2.12 bits per heavy atom. The summed E-state index contributed by atoms with van der Waals surface area (Å²) in [6.07, 6.45) is 0.191. The number of rotatable bonds is 9. The minimum atomic E-state index is -0.317. The first-order valence-corrected chi connectivity index (χ1v) is 10.3. The number of ether oxygens (including phenoxy) is 1. The topological polar surface area (TPSA) is 70.7 Å². The first-order chi connectivity index (χ1) is 15.5. The van der Waals surface area contributed by atoms with Crippen LogP contribution in [0.1, 0.15) is 17.5 Å². The normalized spacial score (nSPS) is 10.3. The standard InChI is InChI=1S/C25H26FN3O3/c1-29(18-20-5-3-2-4-6-20)25(31)27-16-15-24(30)28-17-19-7-11-22(12-8-19)32-23-13-9-21(26)10-14-23/h2-14H,15-18H2,1H3,(H,27,31)(H,28,30). The first-order valence-electron chi connectivity index (χ1n) is 10.3. The molecule has 0 aliphatic rings. The van der Waals surface area contributed by atoms with Crippen LogP contribution in [0.5, 0.6) is 11.5 Å². The fraction of sp³-hybridized carbons (Fsp3) is 0.200. The number of halogens is 1. The van der Waals surface area contributed by atoms with Crippen molar-refractivity contribution in [2.24, 2.45) is 0 Å². The number of carbonyl (C=O) groups is 2. The lowest BCUT2D eigenvalue weighted by Crippen LogP contribution is -2.38. The van der Waals surface area contributed by atoms with Crippen molar-refractivity contribution in [2.45, 2.75) is 19.5 Å². The van der Waals surface area contributed by atoms with Crippen LogP contribution in [0, 0.1) is 5.82 Å². The molecule has 32 heavy (non-hydrogen) atoms. The van der Waals surface area contributed by atoms with Gasteiger partial charge in [-0.15, -0.1) is 0 Å². The van der Waals surface area contributed by atoms with Crippen molar-refractivity contribution in [1.82, 2.24) is 15.5 Å². The van der Waals surface area contributed by atoms with Gasteiger partial charge in [-0.2, -0.15) is 0 Å². The number of carbonyl (C=O) groups excluding carboxylic acids is 2. The summed E-state index contributed by atoms with van der Waals surface area (Å²) in [4.78, 5) is 25.8. The van der Waals surface area contributed by atoms with Crippen LogP contribution in [0.15, 0.2) is 78.9 Å². The van der Waals surface area contributed by atoms with Gasteiger partial charge >= 0.3 is 6.03 Å². The van der Waals surface area contributed by atoms with Crippen LogP contribution in [-0.4, -0.2) is 30.4 Å². The van der Waals surface area contributed by atoms with Crippen LogP contribution in [0.2, 0.25) is 0 Å². The van der Waals surface area contributed by atoms with E-state index in [2.05, 4.69) is 10.6 Å². The van der Waals surface area contributed by atoms with Gasteiger partial charge in [0.25, 0.3) is 0 Å². The Labute approximate surface area is 187 Å². The summed E-state index contributed by atoms with van der Waals surface area (Å²) in [5.41, 5.74) is 1.95. The highest BCUT2D eigenvalue weighted by Crippen LogP contribution is 2.21. The average molecular weight is 435 g/mol. The van der Waals surface area contributed by atoms with E-state index in [1.807, 2.05) is 42.5 Å². The van der Waals surface area contributed by atoms with Crippen molar-refractivity contribution in [3.8, 4) is 11.5 Å². The zero-order valence-electron chi connectivity index (χ0n) is 17.9. The molecule has 0 aliphatic heterocycles. The van der Waals surface area contributed by atoms with Crippen molar-refractivity contribution in [3.05, 3.63) is 95.8 Å². The molecule has 3 aromatic carbocycles. The van der Waals surface area contributed by atoms with Crippen LogP contribution in [0.4, 0.5) is 9.18 Å². The number of nitrogens with zero attached hydrogens (tertiary/aromatic N) is 1. The van der Waals surface area contributed by atoms with Crippen LogP contribution in [0.25, 0.3) is 0 Å². The lowest BCUT2D eigenvalue weighted by Gasteiger charge is -2.18. The number of amides is 3. The Bertz CT molecular complexity index is 1010. The second-order valence-electron chi connectivity index (χ2n) is 7.30. The molecule has 0 fully saturated rings. The maximum absolute atomic E-state index is 12.9. The van der Waals surface area contributed by atoms with Gasteiger partial charge < -0.3 is 20.3 Å². The SMILES string of the molecule is CN(Cc1ccccc1)C(=O)NCCC(=O)NCc1ccc(Oc2ccc(F)cc2)cc1. The summed E-state index contributed by atoms with van der Waals surface area (Å²) in [6.45, 7) is 1.13. The molecule has 0 radical (unpaired) electrons. The fourth-order valence-electron chi connectivity index (χ4n) is 2.95. The zero-order valence-corrected chi connectivity index (χ0v) is 17.9. The van der Waals surface area contributed by atoms with E-state index in [0.29, 0.717) is 24.6 Å². The Hall–Kier alpha value is -3.87. The second kappa shape index (κ2) is 11.5. The monoisotopic (exact) mass is 435 g/mol. The highest BCUT2D eigenvalue weighted by atomic mass is 19.1. The summed E-state index contributed by atoms with van der Waals surface area (Å²) in [7, 11) is 1.71. The highest BCUT2D eigenvalue weighted by Gasteiger charge is 2.09. The molecule has 0 saturated carbocycles. The smallest absolute Gasteiger partial charge is 0.317 e. The molecule has 7 heteroatoms. The van der Waals surface area contributed by atoms with Gasteiger partial charge in [-0.05, 0) is 47.5 Å². The van der Waals surface area contributed by atoms with E-state index in [9.17, 15) is 14.0 Å². The molecule has 0 bridgehead atoms. The van der Waals surface area contributed by atoms with Gasteiger partial charge in [0, 0.05) is 33.1 Å². The molecule has 3 rings (SSSR count). The van der Waals surface area contributed by atoms with Gasteiger partial charge in [0.05, 0.1) is 0 Å². The van der Waals surface area contributed by atoms with Crippen LogP contribution >= 0.6 is 0 Å². The predicted octanol–water partition coefficient (Wildman–Crippen LogP) is 4.47. The average Bonchev–Trinajstić information content (AvgIpc) is 2.80. The van der Waals surface area contributed by atoms with Crippen molar-refractivity contribution < 1.29 is 18.7 Å². The van der Waals surface area contributed by atoms with Crippen LogP contribution in [0.3, 0.4) is 0 Å². The molecular formula is C25H26FN3O3. The molecule has 166 valence electrons. The third-order valence-corrected chi connectivity index (χ3v) is 4.70. The molecule has 0 spiro atoms. The minimum Gasteiger partial charge on any atom is -0.457 e. The molecule has 2 N–H and O–H groups in total. The van der Waals surface area contributed by atoms with E-state index >= 15 is 0 Å². The molecule has 0 aromatic heterocycles. The number of urea groups is 1. The third kappa shape index (κ3) is 7.43. The molecule has 0 aliphatic carbocycles. The molecule has 3 amide bonds. The van der Waals surface area contributed by atoms with Gasteiger partial charge in [0.2, 0.25) is 5.91 Å². The molecule has 0 heterocycles. The Balaban J connectivity index is 1.34. The van der Waals surface area contributed by atoms with E-state index < -0.39 is 0 Å². The van der Waals surface area contributed by atoms with E-state index in [0.717, 1.165) is 11.1 Å². The number of benzene rings is 3. The number of nitrogens with one attached hydrogen (secondary N) is 2. The van der Waals surface area contributed by atoms with E-state index in [1.54, 1.807) is 36.2 Å². The fourth-order valence-corrected chi connectivity index (χ4v) is 2.95. The molecular weight excluding hydrogens is 409 g/mol. The third-order valence-electron chi connectivity index (χ3n) is 4.70.